The van der Waals surface area contributed by atoms with E-state index < -0.39 is 6.10 Å². The number of hydrogen-bond donors (Lipinski definition) is 0. The van der Waals surface area contributed by atoms with Gasteiger partial charge in [-0.05, 0) is 96.3 Å². The van der Waals surface area contributed by atoms with Crippen LogP contribution in [0.15, 0.2) is 97.2 Å². The molecular formula is C67H114O6. The Morgan fingerprint density at radius 3 is 0.904 bits per heavy atom. The van der Waals surface area contributed by atoms with E-state index in [-0.39, 0.29) is 37.5 Å². The highest BCUT2D eigenvalue weighted by molar-refractivity contribution is 5.71. The van der Waals surface area contributed by atoms with Crippen LogP contribution in [0.5, 0.6) is 0 Å². The zero-order chi connectivity index (χ0) is 52.9. The summed E-state index contributed by atoms with van der Waals surface area (Å²) >= 11 is 0. The zero-order valence-corrected chi connectivity index (χ0v) is 47.9. The maximum absolute atomic E-state index is 12.9. The van der Waals surface area contributed by atoms with Crippen molar-refractivity contribution in [1.29, 1.82) is 0 Å². The van der Waals surface area contributed by atoms with Gasteiger partial charge in [0.15, 0.2) is 6.10 Å². The lowest BCUT2D eigenvalue weighted by Crippen LogP contribution is -2.30. The first-order chi connectivity index (χ1) is 36.0. The molecule has 1 unspecified atom stereocenters. The van der Waals surface area contributed by atoms with Crippen molar-refractivity contribution in [3.63, 3.8) is 0 Å². The minimum atomic E-state index is -0.804. The number of ether oxygens (including phenoxy) is 3. The van der Waals surface area contributed by atoms with E-state index >= 15 is 0 Å². The van der Waals surface area contributed by atoms with Gasteiger partial charge in [0, 0.05) is 19.3 Å². The van der Waals surface area contributed by atoms with E-state index in [1.807, 2.05) is 0 Å². The molecular weight excluding hydrogens is 901 g/mol. The average Bonchev–Trinajstić information content (AvgIpc) is 3.39. The fraction of sp³-hybridized carbons (Fsp3) is 0.716. The largest absolute Gasteiger partial charge is 0.462 e. The van der Waals surface area contributed by atoms with Crippen LogP contribution < -0.4 is 0 Å². The Bertz CT molecular complexity index is 1440. The second kappa shape index (κ2) is 60.9. The molecule has 0 bridgehead atoms. The number of rotatable bonds is 55. The fourth-order valence-electron chi connectivity index (χ4n) is 8.49. The Balaban J connectivity index is 4.46. The van der Waals surface area contributed by atoms with Crippen LogP contribution in [0.3, 0.4) is 0 Å². The van der Waals surface area contributed by atoms with Crippen molar-refractivity contribution in [2.24, 2.45) is 0 Å². The van der Waals surface area contributed by atoms with Gasteiger partial charge in [-0.2, -0.15) is 0 Å². The fourth-order valence-corrected chi connectivity index (χ4v) is 8.49. The lowest BCUT2D eigenvalue weighted by Gasteiger charge is -2.18. The van der Waals surface area contributed by atoms with Crippen LogP contribution in [0, 0.1) is 0 Å². The van der Waals surface area contributed by atoms with Crippen LogP contribution in [-0.2, 0) is 28.6 Å². The van der Waals surface area contributed by atoms with Crippen LogP contribution in [0.2, 0.25) is 0 Å². The van der Waals surface area contributed by atoms with Crippen LogP contribution in [-0.4, -0.2) is 37.2 Å². The summed E-state index contributed by atoms with van der Waals surface area (Å²) < 4.78 is 16.9. The molecule has 418 valence electrons. The summed E-state index contributed by atoms with van der Waals surface area (Å²) in [6.07, 6.45) is 81.2. The van der Waals surface area contributed by atoms with Gasteiger partial charge in [-0.25, -0.2) is 0 Å². The number of allylic oxidation sites excluding steroid dienone is 16. The highest BCUT2D eigenvalue weighted by atomic mass is 16.6. The Morgan fingerprint density at radius 1 is 0.288 bits per heavy atom. The normalized spacial score (nSPS) is 12.8. The van der Waals surface area contributed by atoms with Crippen molar-refractivity contribution < 1.29 is 28.6 Å². The molecule has 0 radical (unpaired) electrons. The van der Waals surface area contributed by atoms with Gasteiger partial charge in [-0.1, -0.05) is 272 Å². The van der Waals surface area contributed by atoms with E-state index in [1.165, 1.54) is 148 Å². The van der Waals surface area contributed by atoms with Crippen molar-refractivity contribution in [2.45, 2.75) is 297 Å². The standard InChI is InChI=1S/C67H114O6/c1-4-7-10-13-16-19-22-25-28-30-32-33-34-35-36-38-39-42-45-48-51-54-57-60-66(69)72-63-64(62-71-65(68)59-56-53-50-47-44-41-27-24-21-18-15-12-9-6-3)73-67(70)61-58-55-52-49-46-43-40-37-31-29-26-23-20-17-14-11-8-5-2/h7,10,16,19,24-25,27-28,32-33,35-36,39,42,48,51,64H,4-6,8-9,11-15,17-18,20-23,26,29-31,34,37-38,40-41,43-47,49-50,52-63H2,1-3H3/b10-7-,19-16-,27-24-,28-25-,33-32-,36-35-,42-39-,51-48-. The molecule has 6 heteroatoms. The predicted molar refractivity (Wildman–Crippen MR) is 316 cm³/mol. The van der Waals surface area contributed by atoms with E-state index in [2.05, 4.69) is 118 Å². The quantitative estimate of drug-likeness (QED) is 0.0261. The van der Waals surface area contributed by atoms with E-state index in [1.54, 1.807) is 0 Å². The first kappa shape index (κ1) is 69.3. The summed E-state index contributed by atoms with van der Waals surface area (Å²) in [4.78, 5) is 38.2. The van der Waals surface area contributed by atoms with Crippen LogP contribution in [0.4, 0.5) is 0 Å². The van der Waals surface area contributed by atoms with E-state index in [9.17, 15) is 14.4 Å². The maximum atomic E-state index is 12.9. The van der Waals surface area contributed by atoms with Crippen LogP contribution >= 0.6 is 0 Å². The molecule has 0 N–H and O–H groups in total. The van der Waals surface area contributed by atoms with Gasteiger partial charge in [0.25, 0.3) is 0 Å². The smallest absolute Gasteiger partial charge is 0.306 e. The first-order valence-corrected chi connectivity index (χ1v) is 30.7. The number of esters is 3. The third-order valence-corrected chi connectivity index (χ3v) is 13.1. The molecule has 0 fully saturated rings. The molecule has 0 aromatic rings. The Morgan fingerprint density at radius 2 is 0.548 bits per heavy atom. The highest BCUT2D eigenvalue weighted by Gasteiger charge is 2.19. The first-order valence-electron chi connectivity index (χ1n) is 30.7. The van der Waals surface area contributed by atoms with Crippen molar-refractivity contribution in [3.8, 4) is 0 Å². The lowest BCUT2D eigenvalue weighted by molar-refractivity contribution is -0.167. The summed E-state index contributed by atoms with van der Waals surface area (Å²) in [6.45, 7) is 6.49. The summed E-state index contributed by atoms with van der Waals surface area (Å²) in [5.74, 6) is -0.958. The summed E-state index contributed by atoms with van der Waals surface area (Å²) in [6, 6.07) is 0. The monoisotopic (exact) mass is 1010 g/mol. The van der Waals surface area contributed by atoms with Crippen molar-refractivity contribution in [1.82, 2.24) is 0 Å². The minimum absolute atomic E-state index is 0.0980. The van der Waals surface area contributed by atoms with Gasteiger partial charge in [0.2, 0.25) is 0 Å². The third kappa shape index (κ3) is 59.1. The lowest BCUT2D eigenvalue weighted by atomic mass is 10.0. The molecule has 0 aromatic carbocycles. The number of hydrogen-bond acceptors (Lipinski definition) is 6. The number of carbonyl (C=O) groups is 3. The Kier molecular flexibility index (Phi) is 57.8. The zero-order valence-electron chi connectivity index (χ0n) is 47.9. The summed E-state index contributed by atoms with van der Waals surface area (Å²) in [5.41, 5.74) is 0. The van der Waals surface area contributed by atoms with Crippen LogP contribution in [0.1, 0.15) is 290 Å². The van der Waals surface area contributed by atoms with Crippen LogP contribution in [0.25, 0.3) is 0 Å². The topological polar surface area (TPSA) is 78.9 Å². The van der Waals surface area contributed by atoms with Gasteiger partial charge in [0.1, 0.15) is 13.2 Å². The van der Waals surface area contributed by atoms with Gasteiger partial charge >= 0.3 is 17.9 Å². The van der Waals surface area contributed by atoms with E-state index in [0.29, 0.717) is 19.3 Å². The van der Waals surface area contributed by atoms with Gasteiger partial charge < -0.3 is 14.2 Å². The molecule has 6 nitrogen and oxygen atoms in total. The minimum Gasteiger partial charge on any atom is -0.462 e. The van der Waals surface area contributed by atoms with E-state index in [4.69, 9.17) is 14.2 Å². The molecule has 0 rings (SSSR count). The highest BCUT2D eigenvalue weighted by Crippen LogP contribution is 2.16. The third-order valence-electron chi connectivity index (χ3n) is 13.1. The molecule has 1 atom stereocenters. The van der Waals surface area contributed by atoms with E-state index in [0.717, 1.165) is 96.3 Å². The summed E-state index contributed by atoms with van der Waals surface area (Å²) in [5, 5.41) is 0. The summed E-state index contributed by atoms with van der Waals surface area (Å²) in [7, 11) is 0. The number of carbonyl (C=O) groups excluding carboxylic acids is 3. The maximum Gasteiger partial charge on any atom is 0.306 e. The molecule has 0 aliphatic rings. The molecule has 0 saturated carbocycles. The van der Waals surface area contributed by atoms with Crippen molar-refractivity contribution >= 4 is 17.9 Å². The Hall–Kier alpha value is -3.67. The van der Waals surface area contributed by atoms with Gasteiger partial charge in [-0.3, -0.25) is 14.4 Å². The van der Waals surface area contributed by atoms with Gasteiger partial charge in [0.05, 0.1) is 0 Å². The molecule has 0 heterocycles. The molecule has 0 amide bonds. The van der Waals surface area contributed by atoms with Gasteiger partial charge in [-0.15, -0.1) is 0 Å². The predicted octanol–water partition coefficient (Wildman–Crippen LogP) is 20.9. The number of unbranched alkanes of at least 4 members (excludes halogenated alkanes) is 28. The second-order valence-electron chi connectivity index (χ2n) is 20.2. The molecule has 0 spiro atoms. The molecule has 73 heavy (non-hydrogen) atoms. The van der Waals surface area contributed by atoms with Crippen molar-refractivity contribution in [3.05, 3.63) is 97.2 Å². The molecule has 0 aliphatic carbocycles. The molecule has 0 aromatic heterocycles. The molecule has 0 aliphatic heterocycles. The SMILES string of the molecule is CC/C=C\C/C=C\C/C=C\C/C=C\C/C=C\C/C=C\C/C=C\CCCC(=O)OCC(COC(=O)CCCCCCC/C=C\CCCCCCC)OC(=O)CCCCCCCCCCCCCCCCCCCC. The molecule has 0 saturated heterocycles. The van der Waals surface area contributed by atoms with Crippen molar-refractivity contribution in [2.75, 3.05) is 13.2 Å². The Labute approximate surface area is 451 Å². The second-order valence-corrected chi connectivity index (χ2v) is 20.2. The average molecular weight is 1020 g/mol.